The number of carbonyl (C=O) groups excluding carboxylic acids is 1. The summed E-state index contributed by atoms with van der Waals surface area (Å²) in [6, 6.07) is 0. The summed E-state index contributed by atoms with van der Waals surface area (Å²) in [6.07, 6.45) is 3.17. The van der Waals surface area contributed by atoms with Crippen LogP contribution in [0.15, 0.2) is 0 Å². The number of hydrogen-bond acceptors (Lipinski definition) is 4. The molecule has 0 heterocycles. The van der Waals surface area contributed by atoms with Crippen molar-refractivity contribution in [2.45, 2.75) is 45.1 Å². The highest BCUT2D eigenvalue weighted by molar-refractivity contribution is 5.73. The van der Waals surface area contributed by atoms with Gasteiger partial charge < -0.3 is 5.11 Å². The molecule has 0 aliphatic carbocycles. The molecule has 2 N–H and O–H groups in total. The average molecular weight is 176 g/mol. The minimum atomic E-state index is -1.17. The third-order valence-corrected chi connectivity index (χ3v) is 1.69. The molecule has 0 radical (unpaired) electrons. The van der Waals surface area contributed by atoms with Crippen LogP contribution >= 0.6 is 0 Å². The van der Waals surface area contributed by atoms with Crippen molar-refractivity contribution in [3.63, 3.8) is 0 Å². The van der Waals surface area contributed by atoms with Crippen molar-refractivity contribution >= 4 is 5.97 Å². The quantitative estimate of drug-likeness (QED) is 0.364. The third-order valence-electron chi connectivity index (χ3n) is 1.69. The van der Waals surface area contributed by atoms with E-state index in [0.717, 1.165) is 25.7 Å². The molecular weight excluding hydrogens is 160 g/mol. The average Bonchev–Trinajstić information content (AvgIpc) is 2.10. The maximum Gasteiger partial charge on any atom is 0.370 e. The Bertz CT molecular complexity index is 124. The normalized spacial score (nSPS) is 12.6. The molecule has 1 atom stereocenters. The zero-order valence-electron chi connectivity index (χ0n) is 7.32. The molecule has 4 nitrogen and oxygen atoms in total. The second-order valence-corrected chi connectivity index (χ2v) is 2.78. The predicted molar refractivity (Wildman–Crippen MR) is 43.5 cm³/mol. The zero-order valence-corrected chi connectivity index (χ0v) is 7.32. The van der Waals surface area contributed by atoms with Gasteiger partial charge in [0.15, 0.2) is 6.10 Å². The van der Waals surface area contributed by atoms with Crippen molar-refractivity contribution < 1.29 is 20.0 Å². The molecule has 12 heavy (non-hydrogen) atoms. The van der Waals surface area contributed by atoms with E-state index in [4.69, 9.17) is 10.4 Å². The van der Waals surface area contributed by atoms with E-state index in [2.05, 4.69) is 11.8 Å². The minimum absolute atomic E-state index is 0.361. The molecule has 1 unspecified atom stereocenters. The van der Waals surface area contributed by atoms with Crippen molar-refractivity contribution in [1.29, 1.82) is 0 Å². The van der Waals surface area contributed by atoms with Gasteiger partial charge in [-0.3, -0.25) is 4.89 Å². The molecule has 4 heteroatoms. The molecule has 0 aliphatic rings. The lowest BCUT2D eigenvalue weighted by Crippen LogP contribution is -2.21. The molecule has 0 bridgehead atoms. The molecule has 0 rings (SSSR count). The van der Waals surface area contributed by atoms with Crippen LogP contribution in [0.2, 0.25) is 0 Å². The molecule has 0 saturated carbocycles. The summed E-state index contributed by atoms with van der Waals surface area (Å²) in [6.45, 7) is 2.08. The molecular formula is C8H16O4. The van der Waals surface area contributed by atoms with Crippen molar-refractivity contribution in [2.24, 2.45) is 0 Å². The van der Waals surface area contributed by atoms with Crippen LogP contribution in [0.3, 0.4) is 0 Å². The molecule has 0 amide bonds. The first kappa shape index (κ1) is 11.4. The number of hydrogen-bond donors (Lipinski definition) is 2. The van der Waals surface area contributed by atoms with Gasteiger partial charge in [0.25, 0.3) is 0 Å². The smallest absolute Gasteiger partial charge is 0.370 e. The summed E-state index contributed by atoms with van der Waals surface area (Å²) in [5.41, 5.74) is 0. The standard InChI is InChI=1S/C8H16O4/c1-2-3-4-5-6-7(9)8(10)12-11/h7,9,11H,2-6H2,1H3. The van der Waals surface area contributed by atoms with Gasteiger partial charge in [-0.05, 0) is 6.42 Å². The van der Waals surface area contributed by atoms with Crippen molar-refractivity contribution in [1.82, 2.24) is 0 Å². The second kappa shape index (κ2) is 7.06. The lowest BCUT2D eigenvalue weighted by Gasteiger charge is -2.05. The Morgan fingerprint density at radius 1 is 1.42 bits per heavy atom. The Morgan fingerprint density at radius 2 is 2.08 bits per heavy atom. The van der Waals surface area contributed by atoms with E-state index >= 15 is 0 Å². The fraction of sp³-hybridized carbons (Fsp3) is 0.875. The molecule has 0 fully saturated rings. The molecule has 0 aromatic rings. The molecule has 72 valence electrons. The summed E-state index contributed by atoms with van der Waals surface area (Å²) in [5.74, 6) is -0.966. The Morgan fingerprint density at radius 3 is 2.58 bits per heavy atom. The van der Waals surface area contributed by atoms with Gasteiger partial charge in [-0.25, -0.2) is 4.79 Å². The first-order chi connectivity index (χ1) is 5.72. The van der Waals surface area contributed by atoms with Crippen LogP contribution < -0.4 is 0 Å². The van der Waals surface area contributed by atoms with Gasteiger partial charge in [0.1, 0.15) is 0 Å². The van der Waals surface area contributed by atoms with Gasteiger partial charge in [-0.1, -0.05) is 32.6 Å². The van der Waals surface area contributed by atoms with Crippen LogP contribution in [0, 0.1) is 0 Å². The zero-order chi connectivity index (χ0) is 9.40. The lowest BCUT2D eigenvalue weighted by molar-refractivity contribution is -0.242. The lowest BCUT2D eigenvalue weighted by atomic mass is 10.1. The van der Waals surface area contributed by atoms with Gasteiger partial charge in [0.2, 0.25) is 0 Å². The predicted octanol–water partition coefficient (Wildman–Crippen LogP) is 1.33. The Balaban J connectivity index is 3.31. The van der Waals surface area contributed by atoms with Gasteiger partial charge >= 0.3 is 5.97 Å². The maximum atomic E-state index is 10.5. The summed E-state index contributed by atoms with van der Waals surface area (Å²) in [4.78, 5) is 13.8. The van der Waals surface area contributed by atoms with Crippen LogP contribution in [0.25, 0.3) is 0 Å². The molecule has 0 aromatic carbocycles. The van der Waals surface area contributed by atoms with Gasteiger partial charge in [0, 0.05) is 0 Å². The van der Waals surface area contributed by atoms with E-state index in [9.17, 15) is 4.79 Å². The summed E-state index contributed by atoms with van der Waals surface area (Å²) in [7, 11) is 0. The maximum absolute atomic E-state index is 10.5. The fourth-order valence-electron chi connectivity index (χ4n) is 0.943. The fourth-order valence-corrected chi connectivity index (χ4v) is 0.943. The van der Waals surface area contributed by atoms with Crippen LogP contribution in [0.1, 0.15) is 39.0 Å². The van der Waals surface area contributed by atoms with Crippen molar-refractivity contribution in [3.8, 4) is 0 Å². The van der Waals surface area contributed by atoms with Gasteiger partial charge in [-0.15, -0.1) is 0 Å². The van der Waals surface area contributed by atoms with Crippen molar-refractivity contribution in [3.05, 3.63) is 0 Å². The SMILES string of the molecule is CCCCCCC(O)C(=O)OO. The van der Waals surface area contributed by atoms with Crippen LogP contribution in [0.4, 0.5) is 0 Å². The Kier molecular flexibility index (Phi) is 6.70. The summed E-state index contributed by atoms with van der Waals surface area (Å²) in [5, 5.41) is 16.9. The van der Waals surface area contributed by atoms with E-state index in [1.165, 1.54) is 0 Å². The molecule has 0 aliphatic heterocycles. The minimum Gasteiger partial charge on any atom is -0.381 e. The summed E-state index contributed by atoms with van der Waals surface area (Å²) >= 11 is 0. The molecule has 0 spiro atoms. The first-order valence-electron chi connectivity index (χ1n) is 4.25. The Labute approximate surface area is 72.1 Å². The van der Waals surface area contributed by atoms with Crippen molar-refractivity contribution in [2.75, 3.05) is 0 Å². The van der Waals surface area contributed by atoms with E-state index in [1.807, 2.05) is 0 Å². The highest BCUT2D eigenvalue weighted by atomic mass is 17.1. The van der Waals surface area contributed by atoms with E-state index in [-0.39, 0.29) is 0 Å². The molecule has 0 aromatic heterocycles. The van der Waals surface area contributed by atoms with E-state index < -0.39 is 12.1 Å². The second-order valence-electron chi connectivity index (χ2n) is 2.78. The third kappa shape index (κ3) is 5.09. The Hall–Kier alpha value is -0.610. The topological polar surface area (TPSA) is 66.8 Å². The van der Waals surface area contributed by atoms with Gasteiger partial charge in [-0.2, -0.15) is 5.26 Å². The number of unbranched alkanes of at least 4 members (excludes halogenated alkanes) is 3. The monoisotopic (exact) mass is 176 g/mol. The number of aliphatic hydroxyl groups is 1. The largest absolute Gasteiger partial charge is 0.381 e. The number of carbonyl (C=O) groups is 1. The van der Waals surface area contributed by atoms with E-state index in [0.29, 0.717) is 6.42 Å². The number of aliphatic hydroxyl groups excluding tert-OH is 1. The molecule has 0 saturated heterocycles. The van der Waals surface area contributed by atoms with E-state index in [1.54, 1.807) is 0 Å². The van der Waals surface area contributed by atoms with Crippen LogP contribution in [0.5, 0.6) is 0 Å². The van der Waals surface area contributed by atoms with Crippen LogP contribution in [-0.4, -0.2) is 22.4 Å². The van der Waals surface area contributed by atoms with Crippen LogP contribution in [-0.2, 0) is 9.68 Å². The highest BCUT2D eigenvalue weighted by Crippen LogP contribution is 2.05. The highest BCUT2D eigenvalue weighted by Gasteiger charge is 2.15. The number of rotatable bonds is 6. The van der Waals surface area contributed by atoms with Gasteiger partial charge in [0.05, 0.1) is 0 Å². The first-order valence-corrected chi connectivity index (χ1v) is 4.25. The summed E-state index contributed by atoms with van der Waals surface area (Å²) < 4.78 is 0.